The normalized spacial score (nSPS) is 16.1. The number of imidazole rings is 1. The van der Waals surface area contributed by atoms with E-state index in [0.717, 1.165) is 29.9 Å². The highest BCUT2D eigenvalue weighted by atomic mass is 19.1. The topological polar surface area (TPSA) is 40.7 Å². The Bertz CT molecular complexity index is 508. The summed E-state index contributed by atoms with van der Waals surface area (Å²) in [6.07, 6.45) is 2.64. The van der Waals surface area contributed by atoms with Crippen LogP contribution in [0.2, 0.25) is 0 Å². The number of halogens is 1. The minimum atomic E-state index is -0.207. The zero-order valence-electron chi connectivity index (χ0n) is 12.7. The number of nitrogens with zero attached hydrogens (tertiary/aromatic N) is 1. The number of hydrogen-bond donors (Lipinski definition) is 2. The molecule has 0 bridgehead atoms. The lowest BCUT2D eigenvalue weighted by molar-refractivity contribution is 0.547. The largest absolute Gasteiger partial charge is 0.348 e. The molecule has 1 aliphatic rings. The van der Waals surface area contributed by atoms with Gasteiger partial charge in [-0.2, -0.15) is 0 Å². The molecule has 2 heterocycles. The van der Waals surface area contributed by atoms with E-state index in [1.165, 1.54) is 6.07 Å². The Balaban J connectivity index is 0.000000461. The molecule has 2 aromatic rings. The first-order valence-corrected chi connectivity index (χ1v) is 7.35. The van der Waals surface area contributed by atoms with Crippen molar-refractivity contribution in [2.24, 2.45) is 0 Å². The van der Waals surface area contributed by atoms with E-state index in [9.17, 15) is 4.39 Å². The maximum Gasteiger partial charge on any atom is 0.123 e. The van der Waals surface area contributed by atoms with Crippen LogP contribution in [0.5, 0.6) is 0 Å². The third kappa shape index (κ3) is 3.67. The summed E-state index contributed by atoms with van der Waals surface area (Å²) in [4.78, 5) is 7.43. The lowest BCUT2D eigenvalue weighted by atomic mass is 9.98. The summed E-state index contributed by atoms with van der Waals surface area (Å²) in [5, 5.41) is 3.36. The van der Waals surface area contributed by atoms with Crippen LogP contribution in [0, 0.1) is 5.82 Å². The van der Waals surface area contributed by atoms with Gasteiger partial charge >= 0.3 is 0 Å². The third-order valence-corrected chi connectivity index (χ3v) is 2.93. The Labute approximate surface area is 120 Å². The van der Waals surface area contributed by atoms with Crippen LogP contribution >= 0.6 is 0 Å². The maximum atomic E-state index is 13.2. The van der Waals surface area contributed by atoms with Crippen LogP contribution in [0.1, 0.15) is 50.7 Å². The van der Waals surface area contributed by atoms with Crippen molar-refractivity contribution in [3.05, 3.63) is 53.4 Å². The van der Waals surface area contributed by atoms with Gasteiger partial charge in [-0.1, -0.05) is 39.8 Å². The third-order valence-electron chi connectivity index (χ3n) is 2.93. The molecule has 3 nitrogen and oxygen atoms in total. The second kappa shape index (κ2) is 8.48. The Hall–Kier alpha value is -1.68. The van der Waals surface area contributed by atoms with E-state index in [1.54, 1.807) is 18.5 Å². The quantitative estimate of drug-likeness (QED) is 0.831. The van der Waals surface area contributed by atoms with Crippen LogP contribution in [-0.2, 0) is 6.42 Å². The van der Waals surface area contributed by atoms with Gasteiger partial charge in [0.1, 0.15) is 5.82 Å². The number of aromatic nitrogens is 2. The fourth-order valence-electron chi connectivity index (χ4n) is 2.18. The van der Waals surface area contributed by atoms with Crippen LogP contribution < -0.4 is 5.32 Å². The molecule has 0 amide bonds. The molecule has 0 aliphatic carbocycles. The molecule has 1 unspecified atom stereocenters. The van der Waals surface area contributed by atoms with E-state index in [4.69, 9.17) is 0 Å². The van der Waals surface area contributed by atoms with Crippen LogP contribution in [0.4, 0.5) is 4.39 Å². The van der Waals surface area contributed by atoms with E-state index >= 15 is 0 Å². The Kier molecular flexibility index (Phi) is 6.94. The highest BCUT2D eigenvalue weighted by Gasteiger charge is 2.23. The molecule has 1 atom stereocenters. The standard InChI is InChI=1S/C12H12FN3.2C2H6/c13-9-3-1-2-8(6-9)11-12-10(4-5-14-11)15-7-16-12;2*1-2/h1-3,6-7,11,14H,4-5H2,(H,15,16);2*1-2H3. The number of benzene rings is 1. The number of rotatable bonds is 1. The van der Waals surface area contributed by atoms with Gasteiger partial charge in [-0.25, -0.2) is 9.37 Å². The van der Waals surface area contributed by atoms with Crippen molar-refractivity contribution in [2.75, 3.05) is 6.54 Å². The smallest absolute Gasteiger partial charge is 0.123 e. The van der Waals surface area contributed by atoms with Gasteiger partial charge in [0.15, 0.2) is 0 Å². The first-order valence-electron chi connectivity index (χ1n) is 7.35. The van der Waals surface area contributed by atoms with Gasteiger partial charge in [0.25, 0.3) is 0 Å². The van der Waals surface area contributed by atoms with E-state index < -0.39 is 0 Å². The van der Waals surface area contributed by atoms with Crippen LogP contribution in [0.3, 0.4) is 0 Å². The van der Waals surface area contributed by atoms with Crippen molar-refractivity contribution in [1.29, 1.82) is 0 Å². The first kappa shape index (κ1) is 16.4. The number of H-pyrrole nitrogens is 1. The molecule has 1 aromatic heterocycles. The zero-order valence-corrected chi connectivity index (χ0v) is 12.7. The lowest BCUT2D eigenvalue weighted by Crippen LogP contribution is -2.30. The molecule has 20 heavy (non-hydrogen) atoms. The molecular formula is C16H24FN3. The van der Waals surface area contributed by atoms with Crippen molar-refractivity contribution in [2.45, 2.75) is 40.2 Å². The second-order valence-corrected chi connectivity index (χ2v) is 3.96. The summed E-state index contributed by atoms with van der Waals surface area (Å²) in [7, 11) is 0. The number of hydrogen-bond acceptors (Lipinski definition) is 2. The summed E-state index contributed by atoms with van der Waals surface area (Å²) in [6.45, 7) is 8.89. The van der Waals surface area contributed by atoms with Gasteiger partial charge < -0.3 is 10.3 Å². The van der Waals surface area contributed by atoms with Crippen LogP contribution in [0.25, 0.3) is 0 Å². The summed E-state index contributed by atoms with van der Waals surface area (Å²) in [5.41, 5.74) is 3.05. The van der Waals surface area contributed by atoms with Gasteiger partial charge in [0.05, 0.1) is 18.1 Å². The lowest BCUT2D eigenvalue weighted by Gasteiger charge is -2.23. The van der Waals surface area contributed by atoms with Crippen molar-refractivity contribution < 1.29 is 4.39 Å². The minimum absolute atomic E-state index is 0.00528. The van der Waals surface area contributed by atoms with Crippen LogP contribution in [-0.4, -0.2) is 16.5 Å². The van der Waals surface area contributed by atoms with Crippen molar-refractivity contribution in [1.82, 2.24) is 15.3 Å². The Morgan fingerprint density at radius 3 is 2.65 bits per heavy atom. The van der Waals surface area contributed by atoms with E-state index in [0.29, 0.717) is 0 Å². The Morgan fingerprint density at radius 2 is 1.95 bits per heavy atom. The Morgan fingerprint density at radius 1 is 1.20 bits per heavy atom. The van der Waals surface area contributed by atoms with E-state index in [1.807, 2.05) is 33.8 Å². The average molecular weight is 277 g/mol. The van der Waals surface area contributed by atoms with Crippen LogP contribution in [0.15, 0.2) is 30.6 Å². The fourth-order valence-corrected chi connectivity index (χ4v) is 2.18. The minimum Gasteiger partial charge on any atom is -0.348 e. The molecule has 3 rings (SSSR count). The molecular weight excluding hydrogens is 253 g/mol. The van der Waals surface area contributed by atoms with Crippen molar-refractivity contribution in [3.63, 3.8) is 0 Å². The molecule has 0 radical (unpaired) electrons. The van der Waals surface area contributed by atoms with Gasteiger partial charge in [-0.05, 0) is 17.7 Å². The van der Waals surface area contributed by atoms with Crippen molar-refractivity contribution >= 4 is 0 Å². The molecule has 110 valence electrons. The highest BCUT2D eigenvalue weighted by molar-refractivity contribution is 5.32. The number of fused-ring (bicyclic) bond motifs is 1. The van der Waals surface area contributed by atoms with E-state index in [2.05, 4.69) is 15.3 Å². The maximum absolute atomic E-state index is 13.2. The predicted molar refractivity (Wildman–Crippen MR) is 81.2 cm³/mol. The molecule has 0 spiro atoms. The molecule has 1 aliphatic heterocycles. The molecule has 0 saturated carbocycles. The molecule has 4 heteroatoms. The van der Waals surface area contributed by atoms with E-state index in [-0.39, 0.29) is 11.9 Å². The van der Waals surface area contributed by atoms with Gasteiger partial charge in [0.2, 0.25) is 0 Å². The summed E-state index contributed by atoms with van der Waals surface area (Å²) in [6, 6.07) is 6.67. The number of nitrogens with one attached hydrogen (secondary N) is 2. The monoisotopic (exact) mass is 277 g/mol. The summed E-state index contributed by atoms with van der Waals surface area (Å²) >= 11 is 0. The molecule has 1 aromatic carbocycles. The average Bonchev–Trinajstić information content (AvgIpc) is 3.00. The first-order chi connectivity index (χ1) is 9.84. The summed E-state index contributed by atoms with van der Waals surface area (Å²) < 4.78 is 13.2. The fraction of sp³-hybridized carbons (Fsp3) is 0.438. The zero-order chi connectivity index (χ0) is 15.0. The predicted octanol–water partition coefficient (Wildman–Crippen LogP) is 3.84. The molecule has 0 saturated heterocycles. The SMILES string of the molecule is CC.CC.Fc1cccc(C2NCCc3[nH]cnc32)c1. The second-order valence-electron chi connectivity index (χ2n) is 3.96. The number of aromatic amines is 1. The highest BCUT2D eigenvalue weighted by Crippen LogP contribution is 2.26. The molecule has 2 N–H and O–H groups in total. The molecule has 0 fully saturated rings. The van der Waals surface area contributed by atoms with Gasteiger partial charge in [0, 0.05) is 18.7 Å². The summed E-state index contributed by atoms with van der Waals surface area (Å²) in [5.74, 6) is -0.207. The van der Waals surface area contributed by atoms with Crippen molar-refractivity contribution in [3.8, 4) is 0 Å². The van der Waals surface area contributed by atoms with Gasteiger partial charge in [-0.3, -0.25) is 0 Å². The van der Waals surface area contributed by atoms with Gasteiger partial charge in [-0.15, -0.1) is 0 Å².